The van der Waals surface area contributed by atoms with Crippen molar-refractivity contribution < 1.29 is 9.52 Å². The van der Waals surface area contributed by atoms with Gasteiger partial charge in [-0.1, -0.05) is 24.3 Å². The molecule has 20 heavy (non-hydrogen) atoms. The Morgan fingerprint density at radius 2 is 2.10 bits per heavy atom. The number of hydrogen-bond donors (Lipinski definition) is 1. The van der Waals surface area contributed by atoms with Gasteiger partial charge in [0, 0.05) is 0 Å². The van der Waals surface area contributed by atoms with E-state index in [9.17, 15) is 10.4 Å². The largest absolute Gasteiger partial charge is 0.450 e. The minimum atomic E-state index is -0.987. The molecule has 0 saturated carbocycles. The zero-order valence-electron chi connectivity index (χ0n) is 10.4. The number of aliphatic hydroxyl groups is 1. The van der Waals surface area contributed by atoms with E-state index in [1.807, 2.05) is 24.3 Å². The average Bonchev–Trinajstić information content (AvgIpc) is 3.00. The highest BCUT2D eigenvalue weighted by Crippen LogP contribution is 2.48. The minimum Gasteiger partial charge on any atom is -0.450 e. The monoisotopic (exact) mass is 395 g/mol. The Kier molecular flexibility index (Phi) is 3.49. The maximum Gasteiger partial charge on any atom is 0.183 e. The summed E-state index contributed by atoms with van der Waals surface area (Å²) in [6, 6.07) is 11.8. The lowest BCUT2D eigenvalue weighted by Gasteiger charge is -2.26. The van der Waals surface area contributed by atoms with Gasteiger partial charge >= 0.3 is 0 Å². The molecule has 1 aromatic heterocycles. The smallest absolute Gasteiger partial charge is 0.183 e. The van der Waals surface area contributed by atoms with E-state index in [0.717, 1.165) is 22.0 Å². The first kappa shape index (κ1) is 13.9. The van der Waals surface area contributed by atoms with Gasteiger partial charge in [0.05, 0.1) is 10.5 Å². The van der Waals surface area contributed by atoms with Gasteiger partial charge in [-0.25, -0.2) is 0 Å². The van der Waals surface area contributed by atoms with Crippen LogP contribution in [-0.4, -0.2) is 5.11 Å². The number of rotatable bonds is 2. The first-order chi connectivity index (χ1) is 9.58. The van der Waals surface area contributed by atoms with Crippen LogP contribution in [0.1, 0.15) is 29.4 Å². The fourth-order valence-electron chi connectivity index (χ4n) is 2.84. The summed E-state index contributed by atoms with van der Waals surface area (Å²) < 4.78 is 6.75. The zero-order chi connectivity index (χ0) is 14.3. The lowest BCUT2D eigenvalue weighted by Crippen LogP contribution is -2.29. The summed E-state index contributed by atoms with van der Waals surface area (Å²) in [6.07, 6.45) is 0.405. The second kappa shape index (κ2) is 5.03. The molecule has 0 amide bonds. The van der Waals surface area contributed by atoms with Gasteiger partial charge in [0.1, 0.15) is 17.3 Å². The number of hydrogen-bond acceptors (Lipinski definition) is 3. The first-order valence-electron chi connectivity index (χ1n) is 6.21. The van der Waals surface area contributed by atoms with Crippen LogP contribution in [-0.2, 0) is 11.8 Å². The van der Waals surface area contributed by atoms with E-state index >= 15 is 0 Å². The summed E-state index contributed by atoms with van der Waals surface area (Å²) in [6.45, 7) is 0. The van der Waals surface area contributed by atoms with Gasteiger partial charge < -0.3 is 9.52 Å². The molecule has 1 heterocycles. The molecule has 1 aliphatic carbocycles. The number of nitriles is 1. The van der Waals surface area contributed by atoms with Crippen LogP contribution in [0.15, 0.2) is 43.9 Å². The maximum absolute atomic E-state index is 10.7. The first-order valence-corrected chi connectivity index (χ1v) is 7.79. The number of nitrogens with zero attached hydrogens (tertiary/aromatic N) is 1. The number of furan rings is 1. The fraction of sp³-hybridized carbons (Fsp3) is 0.267. The highest BCUT2D eigenvalue weighted by atomic mass is 79.9. The Morgan fingerprint density at radius 3 is 2.75 bits per heavy atom. The van der Waals surface area contributed by atoms with Crippen LogP contribution in [0, 0.1) is 11.3 Å². The molecule has 2 unspecified atom stereocenters. The minimum absolute atomic E-state index is 0.391. The summed E-state index contributed by atoms with van der Waals surface area (Å²) in [5, 5.41) is 20.4. The second-order valence-electron chi connectivity index (χ2n) is 4.91. The van der Waals surface area contributed by atoms with Gasteiger partial charge in [0.15, 0.2) is 4.67 Å². The molecule has 1 N–H and O–H groups in total. The van der Waals surface area contributed by atoms with E-state index in [-0.39, 0.29) is 0 Å². The van der Waals surface area contributed by atoms with Crippen LogP contribution in [0.2, 0.25) is 0 Å². The number of benzene rings is 1. The fourth-order valence-corrected chi connectivity index (χ4v) is 3.45. The lowest BCUT2D eigenvalue weighted by atomic mass is 9.77. The van der Waals surface area contributed by atoms with Gasteiger partial charge in [-0.05, 0) is 61.9 Å². The van der Waals surface area contributed by atoms with Crippen molar-refractivity contribution in [3.63, 3.8) is 0 Å². The van der Waals surface area contributed by atoms with Crippen molar-refractivity contribution in [2.75, 3.05) is 0 Å². The zero-order valence-corrected chi connectivity index (χ0v) is 13.6. The number of aliphatic hydroxyl groups excluding tert-OH is 1. The van der Waals surface area contributed by atoms with E-state index in [0.29, 0.717) is 16.9 Å². The SMILES string of the molecule is N#CC1(C(O)c2cc(Br)c(Br)o2)CCc2ccccc21. The molecule has 2 aromatic rings. The molecule has 3 rings (SSSR count). The van der Waals surface area contributed by atoms with Crippen molar-refractivity contribution in [1.82, 2.24) is 0 Å². The van der Waals surface area contributed by atoms with Crippen LogP contribution in [0.25, 0.3) is 0 Å². The lowest BCUT2D eigenvalue weighted by molar-refractivity contribution is 0.0870. The van der Waals surface area contributed by atoms with Gasteiger partial charge in [0.2, 0.25) is 0 Å². The second-order valence-corrected chi connectivity index (χ2v) is 6.49. The predicted molar refractivity (Wildman–Crippen MR) is 81.1 cm³/mol. The molecule has 2 atom stereocenters. The molecule has 0 saturated heterocycles. The summed E-state index contributed by atoms with van der Waals surface area (Å²) >= 11 is 6.59. The number of aryl methyl sites for hydroxylation is 1. The van der Waals surface area contributed by atoms with E-state index in [1.54, 1.807) is 6.07 Å². The topological polar surface area (TPSA) is 57.2 Å². The molecule has 5 heteroatoms. The highest BCUT2D eigenvalue weighted by Gasteiger charge is 2.47. The number of halogens is 2. The van der Waals surface area contributed by atoms with Crippen molar-refractivity contribution in [2.45, 2.75) is 24.4 Å². The third-order valence-corrected chi connectivity index (χ3v) is 5.60. The maximum atomic E-state index is 10.7. The standard InChI is InChI=1S/C15H11Br2NO2/c16-11-7-12(20-14(11)17)13(19)15(8-18)6-5-9-3-1-2-4-10(9)15/h1-4,7,13,19H,5-6H2. The Bertz CT molecular complexity index is 685. The van der Waals surface area contributed by atoms with Crippen molar-refractivity contribution in [3.8, 4) is 6.07 Å². The van der Waals surface area contributed by atoms with Crippen LogP contribution in [0.5, 0.6) is 0 Å². The summed E-state index contributed by atoms with van der Waals surface area (Å²) in [5.41, 5.74) is 1.09. The molecular formula is C15H11Br2NO2. The van der Waals surface area contributed by atoms with Crippen LogP contribution < -0.4 is 0 Å². The van der Waals surface area contributed by atoms with Crippen molar-refractivity contribution >= 4 is 31.9 Å². The predicted octanol–water partition coefficient (Wildman–Crippen LogP) is 4.25. The molecule has 0 radical (unpaired) electrons. The molecule has 1 aromatic carbocycles. The third-order valence-electron chi connectivity index (χ3n) is 3.89. The molecule has 0 fully saturated rings. The molecule has 0 bridgehead atoms. The van der Waals surface area contributed by atoms with Crippen molar-refractivity contribution in [2.24, 2.45) is 0 Å². The molecule has 102 valence electrons. The Balaban J connectivity index is 2.09. The van der Waals surface area contributed by atoms with Crippen LogP contribution in [0.3, 0.4) is 0 Å². The van der Waals surface area contributed by atoms with Crippen molar-refractivity contribution in [1.29, 1.82) is 5.26 Å². The molecule has 1 aliphatic rings. The van der Waals surface area contributed by atoms with E-state index < -0.39 is 11.5 Å². The van der Waals surface area contributed by atoms with Gasteiger partial charge in [-0.2, -0.15) is 5.26 Å². The Labute approximate surface area is 133 Å². The van der Waals surface area contributed by atoms with Crippen LogP contribution in [0.4, 0.5) is 0 Å². The Morgan fingerprint density at radius 1 is 1.35 bits per heavy atom. The van der Waals surface area contributed by atoms with Gasteiger partial charge in [-0.15, -0.1) is 0 Å². The highest BCUT2D eigenvalue weighted by molar-refractivity contribution is 9.13. The van der Waals surface area contributed by atoms with E-state index in [1.165, 1.54) is 0 Å². The molecular weight excluding hydrogens is 386 g/mol. The quantitative estimate of drug-likeness (QED) is 0.825. The normalized spacial score (nSPS) is 22.3. The molecule has 0 aliphatic heterocycles. The summed E-state index contributed by atoms with van der Waals surface area (Å²) in [7, 11) is 0. The summed E-state index contributed by atoms with van der Waals surface area (Å²) in [5.74, 6) is 0.391. The van der Waals surface area contributed by atoms with E-state index in [4.69, 9.17) is 4.42 Å². The van der Waals surface area contributed by atoms with Crippen LogP contribution >= 0.6 is 31.9 Å². The van der Waals surface area contributed by atoms with Gasteiger partial charge in [-0.3, -0.25) is 0 Å². The molecule has 3 nitrogen and oxygen atoms in total. The number of fused-ring (bicyclic) bond motifs is 1. The van der Waals surface area contributed by atoms with E-state index in [2.05, 4.69) is 37.9 Å². The average molecular weight is 397 g/mol. The van der Waals surface area contributed by atoms with Crippen molar-refractivity contribution in [3.05, 3.63) is 56.4 Å². The summed E-state index contributed by atoms with van der Waals surface area (Å²) in [4.78, 5) is 0. The third kappa shape index (κ3) is 1.95. The van der Waals surface area contributed by atoms with Gasteiger partial charge in [0.25, 0.3) is 0 Å². The Hall–Kier alpha value is -1.09. The molecule has 0 spiro atoms.